The third kappa shape index (κ3) is 6.50. The number of hydrogen-bond acceptors (Lipinski definition) is 5. The lowest BCUT2D eigenvalue weighted by molar-refractivity contribution is -0.156. The average molecular weight is 361 g/mol. The van der Waals surface area contributed by atoms with Crippen LogP contribution < -0.4 is 0 Å². The summed E-state index contributed by atoms with van der Waals surface area (Å²) in [7, 11) is 0. The molecule has 1 aromatic rings. The van der Waals surface area contributed by atoms with Gasteiger partial charge in [-0.1, -0.05) is 30.3 Å². The van der Waals surface area contributed by atoms with Crippen LogP contribution in [0.1, 0.15) is 45.6 Å². The molecule has 1 aromatic carbocycles. The van der Waals surface area contributed by atoms with Gasteiger partial charge in [0.25, 0.3) is 0 Å². The first-order valence-corrected chi connectivity index (χ1v) is 8.95. The van der Waals surface area contributed by atoms with Crippen LogP contribution >= 0.6 is 0 Å². The van der Waals surface area contributed by atoms with Gasteiger partial charge in [-0.15, -0.1) is 0 Å². The summed E-state index contributed by atoms with van der Waals surface area (Å²) >= 11 is 0. The second kappa shape index (κ2) is 8.83. The number of piperidine rings is 1. The third-order valence-electron chi connectivity index (χ3n) is 4.15. The van der Waals surface area contributed by atoms with Gasteiger partial charge < -0.3 is 14.4 Å². The van der Waals surface area contributed by atoms with Crippen molar-refractivity contribution in [3.05, 3.63) is 35.9 Å². The molecular formula is C20H27NO5. The van der Waals surface area contributed by atoms with Crippen LogP contribution in [0, 0.1) is 5.92 Å². The molecule has 1 saturated heterocycles. The Morgan fingerprint density at radius 3 is 2.27 bits per heavy atom. The quantitative estimate of drug-likeness (QED) is 0.594. The predicted molar refractivity (Wildman–Crippen MR) is 96.4 cm³/mol. The highest BCUT2D eigenvalue weighted by Gasteiger charge is 2.30. The maximum Gasteiger partial charge on any atom is 0.410 e. The van der Waals surface area contributed by atoms with Gasteiger partial charge in [-0.2, -0.15) is 0 Å². The summed E-state index contributed by atoms with van der Waals surface area (Å²) in [5, 5.41) is 0. The van der Waals surface area contributed by atoms with Crippen molar-refractivity contribution >= 4 is 17.8 Å². The SMILES string of the molecule is CC(C)(C)OC(=O)CC(=O)C1CCN(C(=O)OCc2ccccc2)CC1. The highest BCUT2D eigenvalue weighted by Crippen LogP contribution is 2.21. The Hall–Kier alpha value is -2.37. The van der Waals surface area contributed by atoms with Crippen molar-refractivity contribution in [1.82, 2.24) is 4.90 Å². The summed E-state index contributed by atoms with van der Waals surface area (Å²) in [5.41, 5.74) is 0.340. The van der Waals surface area contributed by atoms with Gasteiger partial charge >= 0.3 is 12.1 Å². The fourth-order valence-corrected chi connectivity index (χ4v) is 2.86. The molecule has 142 valence electrons. The number of nitrogens with zero attached hydrogens (tertiary/aromatic N) is 1. The van der Waals surface area contributed by atoms with Crippen LogP contribution in [0.15, 0.2) is 30.3 Å². The van der Waals surface area contributed by atoms with Crippen molar-refractivity contribution in [2.75, 3.05) is 13.1 Å². The summed E-state index contributed by atoms with van der Waals surface area (Å²) in [6.07, 6.45) is 0.511. The van der Waals surface area contributed by atoms with E-state index in [4.69, 9.17) is 9.47 Å². The first kappa shape index (κ1) is 19.9. The molecular weight excluding hydrogens is 334 g/mol. The minimum atomic E-state index is -0.594. The number of amides is 1. The molecule has 0 radical (unpaired) electrons. The van der Waals surface area contributed by atoms with E-state index >= 15 is 0 Å². The minimum absolute atomic E-state index is 0.114. The molecule has 6 nitrogen and oxygen atoms in total. The van der Waals surface area contributed by atoms with Crippen molar-refractivity contribution in [3.63, 3.8) is 0 Å². The molecule has 0 N–H and O–H groups in total. The summed E-state index contributed by atoms with van der Waals surface area (Å²) in [6, 6.07) is 9.49. The van der Waals surface area contributed by atoms with Crippen LogP contribution in [0.2, 0.25) is 0 Å². The monoisotopic (exact) mass is 361 g/mol. The molecule has 26 heavy (non-hydrogen) atoms. The number of esters is 1. The van der Waals surface area contributed by atoms with Gasteiger partial charge in [-0.3, -0.25) is 9.59 Å². The molecule has 0 spiro atoms. The Morgan fingerprint density at radius 1 is 1.08 bits per heavy atom. The van der Waals surface area contributed by atoms with E-state index in [1.807, 2.05) is 30.3 Å². The average Bonchev–Trinajstić information content (AvgIpc) is 2.59. The highest BCUT2D eigenvalue weighted by atomic mass is 16.6. The molecule has 2 rings (SSSR count). The molecule has 1 aliphatic rings. The number of ketones is 1. The second-order valence-corrected chi connectivity index (χ2v) is 7.53. The fraction of sp³-hybridized carbons (Fsp3) is 0.550. The number of likely N-dealkylation sites (tertiary alicyclic amines) is 1. The van der Waals surface area contributed by atoms with E-state index < -0.39 is 11.6 Å². The maximum absolute atomic E-state index is 12.2. The van der Waals surface area contributed by atoms with E-state index in [2.05, 4.69) is 0 Å². The second-order valence-electron chi connectivity index (χ2n) is 7.53. The minimum Gasteiger partial charge on any atom is -0.460 e. The summed E-state index contributed by atoms with van der Waals surface area (Å²) in [6.45, 7) is 6.46. The molecule has 1 amide bonds. The molecule has 1 heterocycles. The zero-order chi connectivity index (χ0) is 19.2. The normalized spacial score (nSPS) is 15.4. The third-order valence-corrected chi connectivity index (χ3v) is 4.15. The summed E-state index contributed by atoms with van der Waals surface area (Å²) in [4.78, 5) is 37.8. The zero-order valence-electron chi connectivity index (χ0n) is 15.7. The Kier molecular flexibility index (Phi) is 6.77. The van der Waals surface area contributed by atoms with Crippen LogP contribution in [-0.2, 0) is 25.7 Å². The predicted octanol–water partition coefficient (Wildman–Crippen LogP) is 3.34. The zero-order valence-corrected chi connectivity index (χ0v) is 15.7. The van der Waals surface area contributed by atoms with Crippen LogP contribution in [0.3, 0.4) is 0 Å². The van der Waals surface area contributed by atoms with Gasteiger partial charge in [-0.05, 0) is 39.2 Å². The van der Waals surface area contributed by atoms with Gasteiger partial charge in [0.1, 0.15) is 24.4 Å². The van der Waals surface area contributed by atoms with Crippen LogP contribution in [0.25, 0.3) is 0 Å². The molecule has 0 bridgehead atoms. The van der Waals surface area contributed by atoms with Crippen molar-refractivity contribution in [1.29, 1.82) is 0 Å². The van der Waals surface area contributed by atoms with Crippen molar-refractivity contribution in [2.24, 2.45) is 5.92 Å². The van der Waals surface area contributed by atoms with Gasteiger partial charge in [0.2, 0.25) is 0 Å². The number of carbonyl (C=O) groups excluding carboxylic acids is 3. The number of benzene rings is 1. The Labute approximate surface area is 154 Å². The molecule has 1 fully saturated rings. The van der Waals surface area contributed by atoms with Crippen molar-refractivity contribution in [2.45, 2.75) is 52.2 Å². The van der Waals surface area contributed by atoms with E-state index in [9.17, 15) is 14.4 Å². The lowest BCUT2D eigenvalue weighted by Gasteiger charge is -2.30. The number of ether oxygens (including phenoxy) is 2. The first-order valence-electron chi connectivity index (χ1n) is 8.95. The van der Waals surface area contributed by atoms with Gasteiger partial charge in [0, 0.05) is 19.0 Å². The van der Waals surface area contributed by atoms with E-state index in [1.54, 1.807) is 25.7 Å². The van der Waals surface area contributed by atoms with E-state index in [-0.39, 0.29) is 30.8 Å². The number of hydrogen-bond donors (Lipinski definition) is 0. The highest BCUT2D eigenvalue weighted by molar-refractivity contribution is 5.97. The van der Waals surface area contributed by atoms with Crippen molar-refractivity contribution < 1.29 is 23.9 Å². The number of rotatable bonds is 5. The van der Waals surface area contributed by atoms with Crippen molar-refractivity contribution in [3.8, 4) is 0 Å². The lowest BCUT2D eigenvalue weighted by atomic mass is 9.91. The molecule has 0 aliphatic carbocycles. The standard InChI is InChI=1S/C20H27NO5/c1-20(2,3)26-18(23)13-17(22)16-9-11-21(12-10-16)19(24)25-14-15-7-5-4-6-8-15/h4-8,16H,9-14H2,1-3H3. The lowest BCUT2D eigenvalue weighted by Crippen LogP contribution is -2.41. The Bertz CT molecular complexity index is 627. The molecule has 0 aromatic heterocycles. The summed E-state index contributed by atoms with van der Waals surface area (Å²) < 4.78 is 10.5. The summed E-state index contributed by atoms with van der Waals surface area (Å²) in [5.74, 6) is -0.815. The molecule has 0 atom stereocenters. The van der Waals surface area contributed by atoms with E-state index in [1.165, 1.54) is 0 Å². The van der Waals surface area contributed by atoms with Crippen LogP contribution in [-0.4, -0.2) is 41.4 Å². The van der Waals surface area contributed by atoms with Crippen LogP contribution in [0.4, 0.5) is 4.79 Å². The first-order chi connectivity index (χ1) is 12.2. The van der Waals surface area contributed by atoms with Gasteiger partial charge in [0.05, 0.1) is 0 Å². The Balaban J connectivity index is 1.73. The topological polar surface area (TPSA) is 72.9 Å². The molecule has 6 heteroatoms. The number of carbonyl (C=O) groups is 3. The largest absolute Gasteiger partial charge is 0.460 e. The molecule has 1 aliphatic heterocycles. The van der Waals surface area contributed by atoms with Crippen LogP contribution in [0.5, 0.6) is 0 Å². The Morgan fingerprint density at radius 2 is 1.69 bits per heavy atom. The molecule has 0 unspecified atom stereocenters. The smallest absolute Gasteiger partial charge is 0.410 e. The van der Waals surface area contributed by atoms with Gasteiger partial charge in [0.15, 0.2) is 0 Å². The molecule has 0 saturated carbocycles. The van der Waals surface area contributed by atoms with E-state index in [0.717, 1.165) is 5.56 Å². The number of Topliss-reactive ketones (excluding diaryl/α,β-unsaturated/α-hetero) is 1. The van der Waals surface area contributed by atoms with E-state index in [0.29, 0.717) is 25.9 Å². The maximum atomic E-state index is 12.2. The van der Waals surface area contributed by atoms with Gasteiger partial charge in [-0.25, -0.2) is 4.79 Å². The fourth-order valence-electron chi connectivity index (χ4n) is 2.86.